The van der Waals surface area contributed by atoms with E-state index in [0.29, 0.717) is 5.92 Å². The molecule has 0 fully saturated rings. The van der Waals surface area contributed by atoms with E-state index in [4.69, 9.17) is 0 Å². The third-order valence-electron chi connectivity index (χ3n) is 2.81. The average Bonchev–Trinajstić information content (AvgIpc) is 2.30. The molecule has 0 atom stereocenters. The van der Waals surface area contributed by atoms with Gasteiger partial charge in [0.25, 0.3) is 0 Å². The minimum Gasteiger partial charge on any atom is -0.435 e. The number of anilines is 1. The molecule has 0 aliphatic rings. The van der Waals surface area contributed by atoms with Crippen LogP contribution in [0.5, 0.6) is 5.75 Å². The number of rotatable bonds is 7. The first-order chi connectivity index (χ1) is 8.15. The molecule has 2 nitrogen and oxygen atoms in total. The van der Waals surface area contributed by atoms with E-state index in [1.54, 1.807) is 12.1 Å². The number of benzene rings is 1. The molecule has 0 saturated heterocycles. The van der Waals surface area contributed by atoms with Gasteiger partial charge in [-0.05, 0) is 18.1 Å². The Bertz CT molecular complexity index is 327. The topological polar surface area (TPSA) is 21.3 Å². The second kappa shape index (κ2) is 7.09. The predicted molar refractivity (Wildman–Crippen MR) is 65.6 cm³/mol. The predicted octanol–water partition coefficient (Wildman–Crippen LogP) is 4.14. The van der Waals surface area contributed by atoms with Crippen molar-refractivity contribution in [2.75, 3.05) is 11.9 Å². The van der Waals surface area contributed by atoms with Gasteiger partial charge in [-0.1, -0.05) is 32.8 Å². The van der Waals surface area contributed by atoms with Gasteiger partial charge >= 0.3 is 6.61 Å². The maximum atomic E-state index is 12.0. The maximum absolute atomic E-state index is 12.0. The van der Waals surface area contributed by atoms with Crippen LogP contribution in [0.1, 0.15) is 26.7 Å². The van der Waals surface area contributed by atoms with E-state index in [1.807, 2.05) is 6.07 Å². The van der Waals surface area contributed by atoms with Crippen LogP contribution in [0.2, 0.25) is 0 Å². The molecule has 1 aromatic rings. The molecular formula is C13H19F2NO. The summed E-state index contributed by atoms with van der Waals surface area (Å²) >= 11 is 0. The molecule has 0 radical (unpaired) electrons. The molecule has 0 aromatic heterocycles. The first-order valence-corrected chi connectivity index (χ1v) is 5.94. The van der Waals surface area contributed by atoms with Crippen molar-refractivity contribution in [3.63, 3.8) is 0 Å². The van der Waals surface area contributed by atoms with Crippen molar-refractivity contribution in [1.29, 1.82) is 0 Å². The fourth-order valence-electron chi connectivity index (χ4n) is 1.62. The second-order valence-corrected chi connectivity index (χ2v) is 3.97. The quantitative estimate of drug-likeness (QED) is 0.777. The zero-order valence-corrected chi connectivity index (χ0v) is 10.2. The van der Waals surface area contributed by atoms with E-state index >= 15 is 0 Å². The van der Waals surface area contributed by atoms with Crippen LogP contribution in [-0.2, 0) is 0 Å². The lowest BCUT2D eigenvalue weighted by Crippen LogP contribution is -2.12. The van der Waals surface area contributed by atoms with E-state index in [1.165, 1.54) is 6.07 Å². The highest BCUT2D eigenvalue weighted by Gasteiger charge is 2.06. The molecule has 0 bridgehead atoms. The highest BCUT2D eigenvalue weighted by molar-refractivity contribution is 5.48. The van der Waals surface area contributed by atoms with Crippen molar-refractivity contribution in [2.24, 2.45) is 5.92 Å². The van der Waals surface area contributed by atoms with E-state index in [9.17, 15) is 8.78 Å². The summed E-state index contributed by atoms with van der Waals surface area (Å²) in [5.74, 6) is 0.796. The van der Waals surface area contributed by atoms with Gasteiger partial charge in [0.15, 0.2) is 0 Å². The molecular weight excluding hydrogens is 224 g/mol. The molecule has 0 amide bonds. The van der Waals surface area contributed by atoms with Gasteiger partial charge in [0, 0.05) is 18.3 Å². The number of halogens is 2. The van der Waals surface area contributed by atoms with Crippen molar-refractivity contribution in [3.05, 3.63) is 24.3 Å². The molecule has 1 N–H and O–H groups in total. The molecule has 0 saturated carbocycles. The SMILES string of the molecule is CCC(CC)CNc1cccc(OC(F)F)c1. The molecule has 0 aliphatic heterocycles. The summed E-state index contributed by atoms with van der Waals surface area (Å²) in [6, 6.07) is 6.66. The minimum absolute atomic E-state index is 0.189. The highest BCUT2D eigenvalue weighted by Crippen LogP contribution is 2.20. The van der Waals surface area contributed by atoms with Crippen LogP contribution in [0, 0.1) is 5.92 Å². The fourth-order valence-corrected chi connectivity index (χ4v) is 1.62. The largest absolute Gasteiger partial charge is 0.435 e. The summed E-state index contributed by atoms with van der Waals surface area (Å²) < 4.78 is 28.4. The lowest BCUT2D eigenvalue weighted by Gasteiger charge is -2.15. The van der Waals surface area contributed by atoms with Gasteiger partial charge in [-0.3, -0.25) is 0 Å². The summed E-state index contributed by atoms with van der Waals surface area (Å²) in [7, 11) is 0. The Morgan fingerprint density at radius 1 is 1.24 bits per heavy atom. The molecule has 0 heterocycles. The monoisotopic (exact) mass is 243 g/mol. The number of alkyl halides is 2. The summed E-state index contributed by atoms with van der Waals surface area (Å²) in [5, 5.41) is 3.24. The van der Waals surface area contributed by atoms with Crippen LogP contribution in [0.25, 0.3) is 0 Å². The smallest absolute Gasteiger partial charge is 0.387 e. The third kappa shape index (κ3) is 5.02. The van der Waals surface area contributed by atoms with Gasteiger partial charge in [0.2, 0.25) is 0 Å². The van der Waals surface area contributed by atoms with Crippen LogP contribution in [0.4, 0.5) is 14.5 Å². The molecule has 0 unspecified atom stereocenters. The second-order valence-electron chi connectivity index (χ2n) is 3.97. The van der Waals surface area contributed by atoms with Crippen molar-refractivity contribution >= 4 is 5.69 Å². The van der Waals surface area contributed by atoms with Gasteiger partial charge in [-0.25, -0.2) is 0 Å². The zero-order chi connectivity index (χ0) is 12.7. The van der Waals surface area contributed by atoms with Crippen LogP contribution >= 0.6 is 0 Å². The molecule has 0 spiro atoms. The van der Waals surface area contributed by atoms with E-state index < -0.39 is 6.61 Å². The van der Waals surface area contributed by atoms with Gasteiger partial charge in [-0.2, -0.15) is 8.78 Å². The molecule has 1 rings (SSSR count). The van der Waals surface area contributed by atoms with Gasteiger partial charge in [0.1, 0.15) is 5.75 Å². The lowest BCUT2D eigenvalue weighted by atomic mass is 10.0. The maximum Gasteiger partial charge on any atom is 0.387 e. The standard InChI is InChI=1S/C13H19F2NO/c1-3-10(4-2)9-16-11-6-5-7-12(8-11)17-13(14)15/h5-8,10,13,16H,3-4,9H2,1-2H3. The Labute approximate surface area is 101 Å². The van der Waals surface area contributed by atoms with E-state index in [-0.39, 0.29) is 5.75 Å². The molecule has 96 valence electrons. The molecule has 1 aromatic carbocycles. The van der Waals surface area contributed by atoms with Gasteiger partial charge in [0.05, 0.1) is 0 Å². The van der Waals surface area contributed by atoms with E-state index in [2.05, 4.69) is 23.9 Å². The van der Waals surface area contributed by atoms with Crippen molar-refractivity contribution in [1.82, 2.24) is 0 Å². The zero-order valence-electron chi connectivity index (χ0n) is 10.2. The summed E-state index contributed by atoms with van der Waals surface area (Å²) in [5.41, 5.74) is 0.815. The first kappa shape index (κ1) is 13.7. The number of hydrogen-bond acceptors (Lipinski definition) is 2. The third-order valence-corrected chi connectivity index (χ3v) is 2.81. The van der Waals surface area contributed by atoms with Crippen LogP contribution in [-0.4, -0.2) is 13.2 Å². The van der Waals surface area contributed by atoms with Crippen molar-refractivity contribution in [3.8, 4) is 5.75 Å². The summed E-state index contributed by atoms with van der Waals surface area (Å²) in [6.07, 6.45) is 2.22. The normalized spacial score (nSPS) is 10.9. The highest BCUT2D eigenvalue weighted by atomic mass is 19.3. The summed E-state index contributed by atoms with van der Waals surface area (Å²) in [4.78, 5) is 0. The van der Waals surface area contributed by atoms with Gasteiger partial charge < -0.3 is 10.1 Å². The Kier molecular flexibility index (Phi) is 5.73. The molecule has 0 aliphatic carbocycles. The van der Waals surface area contributed by atoms with Gasteiger partial charge in [-0.15, -0.1) is 0 Å². The number of ether oxygens (including phenoxy) is 1. The molecule has 17 heavy (non-hydrogen) atoms. The minimum atomic E-state index is -2.77. The number of nitrogens with one attached hydrogen (secondary N) is 1. The van der Waals surface area contributed by atoms with Crippen molar-refractivity contribution in [2.45, 2.75) is 33.3 Å². The van der Waals surface area contributed by atoms with Crippen molar-refractivity contribution < 1.29 is 13.5 Å². The van der Waals surface area contributed by atoms with Crippen LogP contribution < -0.4 is 10.1 Å². The first-order valence-electron chi connectivity index (χ1n) is 5.94. The Balaban J connectivity index is 2.53. The Morgan fingerprint density at radius 3 is 2.53 bits per heavy atom. The van der Waals surface area contributed by atoms with Crippen LogP contribution in [0.3, 0.4) is 0 Å². The Hall–Kier alpha value is -1.32. The lowest BCUT2D eigenvalue weighted by molar-refractivity contribution is -0.0498. The molecule has 4 heteroatoms. The van der Waals surface area contributed by atoms with Crippen LogP contribution in [0.15, 0.2) is 24.3 Å². The fraction of sp³-hybridized carbons (Fsp3) is 0.538. The number of hydrogen-bond donors (Lipinski definition) is 1. The summed E-state index contributed by atoms with van der Waals surface area (Å²) in [6.45, 7) is 2.37. The van der Waals surface area contributed by atoms with E-state index in [0.717, 1.165) is 25.1 Å². The average molecular weight is 243 g/mol. The Morgan fingerprint density at radius 2 is 1.94 bits per heavy atom.